The van der Waals surface area contributed by atoms with Gasteiger partial charge in [-0.2, -0.15) is 0 Å². The van der Waals surface area contributed by atoms with E-state index >= 15 is 0 Å². The molecule has 102 valence electrons. The van der Waals surface area contributed by atoms with Gasteiger partial charge < -0.3 is 10.2 Å². The SMILES string of the molecule is CCCN(CC)CCNC1CCCC(CC)C1. The van der Waals surface area contributed by atoms with Crippen LogP contribution in [0.2, 0.25) is 0 Å². The Labute approximate surface area is 108 Å². The molecular formula is C15H32N2. The molecule has 2 unspecified atom stereocenters. The molecule has 1 aliphatic rings. The van der Waals surface area contributed by atoms with Crippen molar-refractivity contribution in [3.8, 4) is 0 Å². The molecule has 0 spiro atoms. The van der Waals surface area contributed by atoms with Gasteiger partial charge in [0.1, 0.15) is 0 Å². The Balaban J connectivity index is 2.12. The van der Waals surface area contributed by atoms with Crippen LogP contribution in [0.4, 0.5) is 0 Å². The summed E-state index contributed by atoms with van der Waals surface area (Å²) in [5.74, 6) is 0.985. The molecule has 1 aliphatic carbocycles. The Hall–Kier alpha value is -0.0800. The topological polar surface area (TPSA) is 15.3 Å². The first-order chi connectivity index (χ1) is 8.30. The molecule has 0 aromatic heterocycles. The maximum absolute atomic E-state index is 3.77. The van der Waals surface area contributed by atoms with Gasteiger partial charge in [-0.05, 0) is 38.3 Å². The number of rotatable bonds is 8. The summed E-state index contributed by atoms with van der Waals surface area (Å²) in [5.41, 5.74) is 0. The van der Waals surface area contributed by atoms with Crippen LogP contribution in [-0.2, 0) is 0 Å². The monoisotopic (exact) mass is 240 g/mol. The van der Waals surface area contributed by atoms with Crippen LogP contribution in [0.15, 0.2) is 0 Å². The molecule has 1 fully saturated rings. The molecule has 0 bridgehead atoms. The van der Waals surface area contributed by atoms with Gasteiger partial charge in [0.2, 0.25) is 0 Å². The molecule has 2 heteroatoms. The first kappa shape index (κ1) is 15.0. The molecule has 0 amide bonds. The predicted octanol–water partition coefficient (Wildman–Crippen LogP) is 3.28. The van der Waals surface area contributed by atoms with Crippen molar-refractivity contribution in [3.05, 3.63) is 0 Å². The second-order valence-corrected chi connectivity index (χ2v) is 5.53. The fourth-order valence-corrected chi connectivity index (χ4v) is 3.02. The highest BCUT2D eigenvalue weighted by Gasteiger charge is 2.19. The lowest BCUT2D eigenvalue weighted by molar-refractivity contribution is 0.250. The molecule has 0 heterocycles. The van der Waals surface area contributed by atoms with Gasteiger partial charge in [0, 0.05) is 19.1 Å². The maximum atomic E-state index is 3.77. The van der Waals surface area contributed by atoms with Gasteiger partial charge in [-0.15, -0.1) is 0 Å². The average Bonchev–Trinajstić information content (AvgIpc) is 2.38. The lowest BCUT2D eigenvalue weighted by Gasteiger charge is -2.30. The minimum atomic E-state index is 0.800. The number of likely N-dealkylation sites (N-methyl/N-ethyl adjacent to an activating group) is 1. The number of nitrogens with one attached hydrogen (secondary N) is 1. The van der Waals surface area contributed by atoms with Gasteiger partial charge >= 0.3 is 0 Å². The molecule has 1 saturated carbocycles. The second kappa shape index (κ2) is 8.93. The van der Waals surface area contributed by atoms with Crippen LogP contribution in [0, 0.1) is 5.92 Å². The van der Waals surface area contributed by atoms with Crippen molar-refractivity contribution in [2.24, 2.45) is 5.92 Å². The number of hydrogen-bond acceptors (Lipinski definition) is 2. The van der Waals surface area contributed by atoms with Crippen LogP contribution < -0.4 is 5.32 Å². The predicted molar refractivity (Wildman–Crippen MR) is 76.4 cm³/mol. The van der Waals surface area contributed by atoms with Crippen molar-refractivity contribution in [2.45, 2.75) is 65.3 Å². The molecule has 0 aromatic rings. The largest absolute Gasteiger partial charge is 0.313 e. The standard InChI is InChI=1S/C15H32N2/c1-4-11-17(6-3)12-10-16-15-9-7-8-14(5-2)13-15/h14-16H,4-13H2,1-3H3. The molecule has 0 radical (unpaired) electrons. The van der Waals surface area contributed by atoms with E-state index in [1.165, 1.54) is 64.7 Å². The minimum Gasteiger partial charge on any atom is -0.313 e. The molecular weight excluding hydrogens is 208 g/mol. The summed E-state index contributed by atoms with van der Waals surface area (Å²) in [6.07, 6.45) is 8.35. The number of nitrogens with zero attached hydrogens (tertiary/aromatic N) is 1. The third kappa shape index (κ3) is 5.87. The molecule has 0 saturated heterocycles. The summed E-state index contributed by atoms with van der Waals surface area (Å²) < 4.78 is 0. The lowest BCUT2D eigenvalue weighted by atomic mass is 9.84. The van der Waals surface area contributed by atoms with Crippen molar-refractivity contribution in [2.75, 3.05) is 26.2 Å². The van der Waals surface area contributed by atoms with Crippen molar-refractivity contribution in [1.82, 2.24) is 10.2 Å². The lowest BCUT2D eigenvalue weighted by Crippen LogP contribution is -2.39. The first-order valence-corrected chi connectivity index (χ1v) is 7.75. The van der Waals surface area contributed by atoms with E-state index in [2.05, 4.69) is 31.0 Å². The van der Waals surface area contributed by atoms with Crippen LogP contribution in [0.3, 0.4) is 0 Å². The Bertz CT molecular complexity index is 182. The molecule has 2 atom stereocenters. The van der Waals surface area contributed by atoms with Crippen molar-refractivity contribution in [3.63, 3.8) is 0 Å². The quantitative estimate of drug-likeness (QED) is 0.700. The maximum Gasteiger partial charge on any atom is 0.0107 e. The fourth-order valence-electron chi connectivity index (χ4n) is 3.02. The third-order valence-electron chi connectivity index (χ3n) is 4.21. The van der Waals surface area contributed by atoms with E-state index in [1.54, 1.807) is 0 Å². The average molecular weight is 240 g/mol. The van der Waals surface area contributed by atoms with Crippen LogP contribution in [-0.4, -0.2) is 37.1 Å². The summed E-state index contributed by atoms with van der Waals surface area (Å²) in [6.45, 7) is 11.7. The fraction of sp³-hybridized carbons (Fsp3) is 1.00. The molecule has 1 rings (SSSR count). The van der Waals surface area contributed by atoms with Crippen LogP contribution in [0.1, 0.15) is 59.3 Å². The van der Waals surface area contributed by atoms with E-state index in [0.29, 0.717) is 0 Å². The zero-order chi connectivity index (χ0) is 12.5. The summed E-state index contributed by atoms with van der Waals surface area (Å²) in [5, 5.41) is 3.77. The summed E-state index contributed by atoms with van der Waals surface area (Å²) >= 11 is 0. The Morgan fingerprint density at radius 1 is 1.12 bits per heavy atom. The van der Waals surface area contributed by atoms with E-state index in [1.807, 2.05) is 0 Å². The Kier molecular flexibility index (Phi) is 7.87. The molecule has 0 aliphatic heterocycles. The van der Waals surface area contributed by atoms with E-state index in [0.717, 1.165) is 12.0 Å². The van der Waals surface area contributed by atoms with Gasteiger partial charge in [0.05, 0.1) is 0 Å². The van der Waals surface area contributed by atoms with Crippen molar-refractivity contribution in [1.29, 1.82) is 0 Å². The zero-order valence-corrected chi connectivity index (χ0v) is 12.2. The smallest absolute Gasteiger partial charge is 0.0107 e. The highest BCUT2D eigenvalue weighted by atomic mass is 15.1. The normalized spacial score (nSPS) is 25.4. The van der Waals surface area contributed by atoms with Gasteiger partial charge in [-0.3, -0.25) is 0 Å². The van der Waals surface area contributed by atoms with E-state index in [9.17, 15) is 0 Å². The van der Waals surface area contributed by atoms with Crippen LogP contribution in [0.5, 0.6) is 0 Å². The highest BCUT2D eigenvalue weighted by molar-refractivity contribution is 4.77. The summed E-state index contributed by atoms with van der Waals surface area (Å²) in [4.78, 5) is 2.55. The van der Waals surface area contributed by atoms with Gasteiger partial charge in [-0.1, -0.05) is 40.0 Å². The first-order valence-electron chi connectivity index (χ1n) is 7.75. The molecule has 2 nitrogen and oxygen atoms in total. The van der Waals surface area contributed by atoms with E-state index < -0.39 is 0 Å². The molecule has 17 heavy (non-hydrogen) atoms. The summed E-state index contributed by atoms with van der Waals surface area (Å²) in [6, 6.07) is 0.800. The van der Waals surface area contributed by atoms with E-state index in [-0.39, 0.29) is 0 Å². The van der Waals surface area contributed by atoms with Crippen LogP contribution in [0.25, 0.3) is 0 Å². The van der Waals surface area contributed by atoms with Gasteiger partial charge in [-0.25, -0.2) is 0 Å². The highest BCUT2D eigenvalue weighted by Crippen LogP contribution is 2.26. The molecule has 0 aromatic carbocycles. The van der Waals surface area contributed by atoms with Crippen molar-refractivity contribution >= 4 is 0 Å². The van der Waals surface area contributed by atoms with E-state index in [4.69, 9.17) is 0 Å². The Morgan fingerprint density at radius 2 is 1.94 bits per heavy atom. The van der Waals surface area contributed by atoms with Crippen molar-refractivity contribution < 1.29 is 0 Å². The third-order valence-corrected chi connectivity index (χ3v) is 4.21. The minimum absolute atomic E-state index is 0.800. The zero-order valence-electron chi connectivity index (χ0n) is 12.2. The van der Waals surface area contributed by atoms with Gasteiger partial charge in [0.25, 0.3) is 0 Å². The second-order valence-electron chi connectivity index (χ2n) is 5.53. The Morgan fingerprint density at radius 3 is 2.59 bits per heavy atom. The number of hydrogen-bond donors (Lipinski definition) is 1. The van der Waals surface area contributed by atoms with Gasteiger partial charge in [0.15, 0.2) is 0 Å². The van der Waals surface area contributed by atoms with Crippen LogP contribution >= 0.6 is 0 Å². The molecule has 1 N–H and O–H groups in total. The summed E-state index contributed by atoms with van der Waals surface area (Å²) in [7, 11) is 0.